The maximum Gasteiger partial charge on any atom is 0.307 e. The van der Waals surface area contributed by atoms with Crippen LogP contribution in [0.4, 0.5) is 0 Å². The van der Waals surface area contributed by atoms with Crippen LogP contribution in [0.15, 0.2) is 24.3 Å². The Labute approximate surface area is 140 Å². The fourth-order valence-electron chi connectivity index (χ4n) is 2.29. The summed E-state index contributed by atoms with van der Waals surface area (Å²) in [7, 11) is 2.93. The second-order valence-electron chi connectivity index (χ2n) is 5.26. The van der Waals surface area contributed by atoms with E-state index in [1.54, 1.807) is 7.11 Å². The van der Waals surface area contributed by atoms with E-state index >= 15 is 0 Å². The average molecular weight is 331 g/mol. The van der Waals surface area contributed by atoms with Gasteiger partial charge in [0, 0.05) is 23.4 Å². The number of aromatic nitrogens is 2. The van der Waals surface area contributed by atoms with E-state index in [1.165, 1.54) is 7.11 Å². The summed E-state index contributed by atoms with van der Waals surface area (Å²) < 4.78 is 9.69. The van der Waals surface area contributed by atoms with Gasteiger partial charge in [0.05, 0.1) is 32.8 Å². The average Bonchev–Trinajstić information content (AvgIpc) is 2.95. The summed E-state index contributed by atoms with van der Waals surface area (Å²) in [6, 6.07) is 7.49. The quantitative estimate of drug-likeness (QED) is 0.752. The first-order chi connectivity index (χ1) is 11.5. The molecule has 0 radical (unpaired) electrons. The molecule has 7 heteroatoms. The zero-order chi connectivity index (χ0) is 17.5. The maximum atomic E-state index is 12.1. The Morgan fingerprint density at radius 1 is 1.21 bits per heavy atom. The van der Waals surface area contributed by atoms with Gasteiger partial charge in [-0.2, -0.15) is 5.10 Å². The van der Waals surface area contributed by atoms with E-state index in [2.05, 4.69) is 20.3 Å². The van der Waals surface area contributed by atoms with Gasteiger partial charge in [0.25, 0.3) is 0 Å². The van der Waals surface area contributed by atoms with Crippen molar-refractivity contribution >= 4 is 11.9 Å². The molecule has 24 heavy (non-hydrogen) atoms. The molecule has 2 rings (SSSR count). The molecule has 2 aromatic rings. The van der Waals surface area contributed by atoms with Crippen molar-refractivity contribution in [3.05, 3.63) is 35.5 Å². The van der Waals surface area contributed by atoms with Gasteiger partial charge in [-0.25, -0.2) is 0 Å². The number of hydrogen-bond acceptors (Lipinski definition) is 5. The number of carbonyl (C=O) groups excluding carboxylic acids is 2. The van der Waals surface area contributed by atoms with Crippen molar-refractivity contribution in [2.24, 2.45) is 0 Å². The summed E-state index contributed by atoms with van der Waals surface area (Å²) in [5.74, 6) is 0.236. The number of H-pyrrole nitrogens is 1. The van der Waals surface area contributed by atoms with Crippen LogP contribution in [-0.2, 0) is 20.7 Å². The molecule has 1 aromatic carbocycles. The Balaban J connectivity index is 2.06. The molecule has 0 saturated heterocycles. The highest BCUT2D eigenvalue weighted by atomic mass is 16.5. The minimum absolute atomic E-state index is 0.151. The number of rotatable bonds is 7. The van der Waals surface area contributed by atoms with Gasteiger partial charge >= 0.3 is 5.97 Å². The second-order valence-corrected chi connectivity index (χ2v) is 5.26. The van der Waals surface area contributed by atoms with Crippen LogP contribution in [0.1, 0.15) is 17.7 Å². The SMILES string of the molecule is COC(=O)CCNC(=O)Cc1c(-c2ccc(OC)cc2)n[nH]c1C. The number of carbonyl (C=O) groups is 2. The van der Waals surface area contributed by atoms with Crippen LogP contribution in [0.3, 0.4) is 0 Å². The van der Waals surface area contributed by atoms with Gasteiger partial charge in [-0.15, -0.1) is 0 Å². The molecule has 0 fully saturated rings. The summed E-state index contributed by atoms with van der Waals surface area (Å²) >= 11 is 0. The predicted molar refractivity (Wildman–Crippen MR) is 88.7 cm³/mol. The normalized spacial score (nSPS) is 10.3. The predicted octanol–water partition coefficient (Wildman–Crippen LogP) is 1.62. The minimum Gasteiger partial charge on any atom is -0.497 e. The molecular weight excluding hydrogens is 310 g/mol. The monoisotopic (exact) mass is 331 g/mol. The van der Waals surface area contributed by atoms with E-state index in [1.807, 2.05) is 31.2 Å². The Bertz CT molecular complexity index is 707. The van der Waals surface area contributed by atoms with Crippen LogP contribution in [-0.4, -0.2) is 42.8 Å². The molecule has 7 nitrogen and oxygen atoms in total. The molecule has 0 atom stereocenters. The second kappa shape index (κ2) is 8.14. The minimum atomic E-state index is -0.353. The smallest absolute Gasteiger partial charge is 0.307 e. The molecule has 128 valence electrons. The zero-order valence-corrected chi connectivity index (χ0v) is 14.0. The maximum absolute atomic E-state index is 12.1. The van der Waals surface area contributed by atoms with Gasteiger partial charge in [-0.3, -0.25) is 14.7 Å². The van der Waals surface area contributed by atoms with Crippen molar-refractivity contribution in [2.75, 3.05) is 20.8 Å². The number of ether oxygens (including phenoxy) is 2. The molecule has 2 N–H and O–H groups in total. The number of methoxy groups -OCH3 is 2. The Hall–Kier alpha value is -2.83. The lowest BCUT2D eigenvalue weighted by atomic mass is 10.0. The fraction of sp³-hybridized carbons (Fsp3) is 0.353. The van der Waals surface area contributed by atoms with Gasteiger partial charge in [0.2, 0.25) is 5.91 Å². The molecular formula is C17H21N3O4. The van der Waals surface area contributed by atoms with Crippen LogP contribution in [0.25, 0.3) is 11.3 Å². The van der Waals surface area contributed by atoms with E-state index in [0.29, 0.717) is 0 Å². The Morgan fingerprint density at radius 2 is 1.92 bits per heavy atom. The van der Waals surface area contributed by atoms with E-state index < -0.39 is 0 Å². The number of nitrogens with one attached hydrogen (secondary N) is 2. The summed E-state index contributed by atoms with van der Waals surface area (Å²) in [6.07, 6.45) is 0.336. The largest absolute Gasteiger partial charge is 0.497 e. The highest BCUT2D eigenvalue weighted by Crippen LogP contribution is 2.26. The first-order valence-corrected chi connectivity index (χ1v) is 7.57. The van der Waals surface area contributed by atoms with Crippen LogP contribution in [0, 0.1) is 6.92 Å². The van der Waals surface area contributed by atoms with Crippen molar-refractivity contribution in [2.45, 2.75) is 19.8 Å². The number of benzene rings is 1. The molecule has 0 aliphatic carbocycles. The van der Waals surface area contributed by atoms with Crippen molar-refractivity contribution < 1.29 is 19.1 Å². The first kappa shape index (κ1) is 17.5. The molecule has 1 heterocycles. The number of aryl methyl sites for hydroxylation is 1. The van der Waals surface area contributed by atoms with Crippen molar-refractivity contribution in [1.82, 2.24) is 15.5 Å². The summed E-state index contributed by atoms with van der Waals surface area (Å²) in [5, 5.41) is 9.92. The van der Waals surface area contributed by atoms with E-state index in [0.717, 1.165) is 28.3 Å². The van der Waals surface area contributed by atoms with Gasteiger partial charge in [0.15, 0.2) is 0 Å². The number of nitrogens with zero attached hydrogens (tertiary/aromatic N) is 1. The van der Waals surface area contributed by atoms with Gasteiger partial charge in [-0.1, -0.05) is 0 Å². The lowest BCUT2D eigenvalue weighted by Gasteiger charge is -2.07. The lowest BCUT2D eigenvalue weighted by molar-refractivity contribution is -0.140. The van der Waals surface area contributed by atoms with Crippen LogP contribution in [0.5, 0.6) is 5.75 Å². The highest BCUT2D eigenvalue weighted by Gasteiger charge is 2.16. The Kier molecular flexibility index (Phi) is 5.95. The summed E-state index contributed by atoms with van der Waals surface area (Å²) in [4.78, 5) is 23.1. The molecule has 0 bridgehead atoms. The number of amides is 1. The molecule has 1 amide bonds. The van der Waals surface area contributed by atoms with Gasteiger partial charge < -0.3 is 14.8 Å². The number of esters is 1. The third-order valence-electron chi connectivity index (χ3n) is 3.65. The number of hydrogen-bond donors (Lipinski definition) is 2. The molecule has 0 aliphatic rings. The summed E-state index contributed by atoms with van der Waals surface area (Å²) in [5.41, 5.74) is 3.30. The lowest BCUT2D eigenvalue weighted by Crippen LogP contribution is -2.28. The van der Waals surface area contributed by atoms with Crippen molar-refractivity contribution in [3.8, 4) is 17.0 Å². The van der Waals surface area contributed by atoms with Crippen LogP contribution < -0.4 is 10.1 Å². The fourth-order valence-corrected chi connectivity index (χ4v) is 2.29. The molecule has 0 saturated carbocycles. The van der Waals surface area contributed by atoms with Gasteiger partial charge in [0.1, 0.15) is 5.75 Å². The van der Waals surface area contributed by atoms with Gasteiger partial charge in [-0.05, 0) is 31.2 Å². The first-order valence-electron chi connectivity index (χ1n) is 7.57. The van der Waals surface area contributed by atoms with E-state index in [9.17, 15) is 9.59 Å². The molecule has 1 aromatic heterocycles. The third kappa shape index (κ3) is 4.34. The van der Waals surface area contributed by atoms with E-state index in [4.69, 9.17) is 4.74 Å². The molecule has 0 unspecified atom stereocenters. The topological polar surface area (TPSA) is 93.3 Å². The van der Waals surface area contributed by atoms with Crippen molar-refractivity contribution in [1.29, 1.82) is 0 Å². The van der Waals surface area contributed by atoms with E-state index in [-0.39, 0.29) is 31.3 Å². The standard InChI is InChI=1S/C17H21N3O4/c1-11-14(10-15(21)18-9-8-16(22)24-3)17(20-19-11)12-4-6-13(23-2)7-5-12/h4-7H,8-10H2,1-3H3,(H,18,21)(H,19,20). The summed E-state index contributed by atoms with van der Waals surface area (Å²) in [6.45, 7) is 2.12. The third-order valence-corrected chi connectivity index (χ3v) is 3.65. The molecule has 0 aliphatic heterocycles. The zero-order valence-electron chi connectivity index (χ0n) is 14.0. The molecule has 0 spiro atoms. The number of aromatic amines is 1. The van der Waals surface area contributed by atoms with Crippen molar-refractivity contribution in [3.63, 3.8) is 0 Å². The highest BCUT2D eigenvalue weighted by molar-refractivity contribution is 5.82. The van der Waals surface area contributed by atoms with Crippen LogP contribution in [0.2, 0.25) is 0 Å². The Morgan fingerprint density at radius 3 is 2.54 bits per heavy atom. The van der Waals surface area contributed by atoms with Crippen LogP contribution >= 0.6 is 0 Å².